The molecule has 0 bridgehead atoms. The van der Waals surface area contributed by atoms with Crippen molar-refractivity contribution in [3.05, 3.63) is 41.2 Å². The van der Waals surface area contributed by atoms with Gasteiger partial charge in [-0.15, -0.1) is 0 Å². The summed E-state index contributed by atoms with van der Waals surface area (Å²) in [7, 11) is 0. The number of fused-ring (bicyclic) bond motifs is 2. The third kappa shape index (κ3) is 1.54. The van der Waals surface area contributed by atoms with Gasteiger partial charge < -0.3 is 10.6 Å². The van der Waals surface area contributed by atoms with Crippen molar-refractivity contribution in [1.29, 1.82) is 0 Å². The van der Waals surface area contributed by atoms with E-state index in [9.17, 15) is 4.79 Å². The number of anilines is 2. The van der Waals surface area contributed by atoms with E-state index in [1.54, 1.807) is 19.2 Å². The second-order valence-corrected chi connectivity index (χ2v) is 4.35. The molecule has 0 unspecified atom stereocenters. The zero-order valence-electron chi connectivity index (χ0n) is 9.62. The molecule has 1 amide bonds. The van der Waals surface area contributed by atoms with Crippen LogP contribution >= 0.6 is 11.6 Å². The number of pyridine rings is 1. The van der Waals surface area contributed by atoms with Gasteiger partial charge in [-0.1, -0.05) is 23.7 Å². The van der Waals surface area contributed by atoms with Crippen molar-refractivity contribution in [2.45, 2.75) is 6.92 Å². The molecule has 1 aliphatic rings. The number of nitrogens with one attached hydrogen (secondary N) is 2. The first-order valence-corrected chi connectivity index (χ1v) is 5.90. The smallest absolute Gasteiger partial charge is 0.271 e. The Bertz CT molecular complexity index is 694. The van der Waals surface area contributed by atoms with Crippen molar-refractivity contribution < 1.29 is 4.79 Å². The number of hydrogen-bond acceptors (Lipinski definition) is 3. The molecular weight excluding hydrogens is 250 g/mol. The molecule has 5 heteroatoms. The molecule has 0 saturated heterocycles. The fraction of sp³-hybridized carbons (Fsp3) is 0.0769. The maximum atomic E-state index is 11.7. The molecule has 1 aromatic heterocycles. The fourth-order valence-electron chi connectivity index (χ4n) is 1.99. The van der Waals surface area contributed by atoms with Gasteiger partial charge in [0.25, 0.3) is 5.91 Å². The number of amides is 1. The van der Waals surface area contributed by atoms with Crippen molar-refractivity contribution >= 4 is 39.8 Å². The number of allylic oxidation sites excluding steroid dienone is 1. The molecule has 2 heterocycles. The van der Waals surface area contributed by atoms with Gasteiger partial charge in [0, 0.05) is 11.6 Å². The van der Waals surface area contributed by atoms with Gasteiger partial charge in [0.05, 0.1) is 21.9 Å². The Kier molecular flexibility index (Phi) is 2.45. The number of hydrogen-bond donors (Lipinski definition) is 2. The Hall–Kier alpha value is -2.07. The summed E-state index contributed by atoms with van der Waals surface area (Å²) in [5, 5.41) is 7.26. The lowest BCUT2D eigenvalue weighted by atomic mass is 10.1. The average molecular weight is 260 g/mol. The minimum absolute atomic E-state index is 0.163. The molecule has 4 nitrogen and oxygen atoms in total. The van der Waals surface area contributed by atoms with E-state index < -0.39 is 0 Å². The van der Waals surface area contributed by atoms with Gasteiger partial charge >= 0.3 is 0 Å². The molecule has 0 saturated carbocycles. The van der Waals surface area contributed by atoms with Crippen LogP contribution in [0.25, 0.3) is 10.9 Å². The number of carbonyl (C=O) groups is 1. The molecule has 90 valence electrons. The van der Waals surface area contributed by atoms with Gasteiger partial charge in [0.2, 0.25) is 0 Å². The highest BCUT2D eigenvalue weighted by atomic mass is 35.5. The van der Waals surface area contributed by atoms with E-state index in [-0.39, 0.29) is 5.91 Å². The highest BCUT2D eigenvalue weighted by Gasteiger charge is 2.22. The molecule has 0 atom stereocenters. The molecule has 0 radical (unpaired) electrons. The van der Waals surface area contributed by atoms with E-state index >= 15 is 0 Å². The molecule has 0 fully saturated rings. The van der Waals surface area contributed by atoms with Crippen LogP contribution in [0.3, 0.4) is 0 Å². The maximum Gasteiger partial charge on any atom is 0.271 e. The van der Waals surface area contributed by atoms with Crippen molar-refractivity contribution in [3.63, 3.8) is 0 Å². The van der Waals surface area contributed by atoms with E-state index in [1.165, 1.54) is 0 Å². The van der Waals surface area contributed by atoms with Crippen LogP contribution in [0.4, 0.5) is 11.4 Å². The standard InChI is InChI=1S/C13H10ClN3O/c1-2-8-13(18)17-9-6-7-4-3-5-15-11(7)10(14)12(9)16-8/h2-6,16H,1H3,(H,17,18)/b8-2-. The largest absolute Gasteiger partial charge is 0.348 e. The van der Waals surface area contributed by atoms with Crippen LogP contribution in [0, 0.1) is 0 Å². The van der Waals surface area contributed by atoms with E-state index in [2.05, 4.69) is 15.6 Å². The van der Waals surface area contributed by atoms with Gasteiger partial charge in [-0.25, -0.2) is 0 Å². The number of rotatable bonds is 0. The fourth-order valence-corrected chi connectivity index (χ4v) is 2.29. The minimum Gasteiger partial charge on any atom is -0.348 e. The van der Waals surface area contributed by atoms with Crippen molar-refractivity contribution in [2.75, 3.05) is 10.6 Å². The zero-order valence-corrected chi connectivity index (χ0v) is 10.4. The van der Waals surface area contributed by atoms with Crippen molar-refractivity contribution in [3.8, 4) is 0 Å². The number of aromatic nitrogens is 1. The maximum absolute atomic E-state index is 11.7. The zero-order chi connectivity index (χ0) is 12.7. The summed E-state index contributed by atoms with van der Waals surface area (Å²) in [4.78, 5) is 16.0. The van der Waals surface area contributed by atoms with Crippen molar-refractivity contribution in [2.24, 2.45) is 0 Å². The first kappa shape index (κ1) is 11.0. The summed E-state index contributed by atoms with van der Waals surface area (Å²) in [6, 6.07) is 5.60. The summed E-state index contributed by atoms with van der Waals surface area (Å²) in [6.07, 6.45) is 3.40. The summed E-state index contributed by atoms with van der Waals surface area (Å²) in [5.74, 6) is -0.163. The number of halogens is 1. The Morgan fingerprint density at radius 1 is 1.39 bits per heavy atom. The second kappa shape index (κ2) is 3.99. The van der Waals surface area contributed by atoms with Crippen LogP contribution in [-0.4, -0.2) is 10.9 Å². The lowest BCUT2D eigenvalue weighted by Gasteiger charge is -2.22. The van der Waals surface area contributed by atoms with E-state index in [4.69, 9.17) is 11.6 Å². The van der Waals surface area contributed by atoms with Crippen LogP contribution in [-0.2, 0) is 4.79 Å². The normalized spacial score (nSPS) is 16.3. The van der Waals surface area contributed by atoms with Crippen LogP contribution in [0.2, 0.25) is 5.02 Å². The van der Waals surface area contributed by atoms with Crippen LogP contribution in [0.5, 0.6) is 0 Å². The summed E-state index contributed by atoms with van der Waals surface area (Å²) < 4.78 is 0. The summed E-state index contributed by atoms with van der Waals surface area (Å²) in [5.41, 5.74) is 2.57. The molecule has 3 rings (SSSR count). The minimum atomic E-state index is -0.163. The van der Waals surface area contributed by atoms with Gasteiger partial charge in [-0.3, -0.25) is 9.78 Å². The molecular formula is C13H10ClN3O. The van der Waals surface area contributed by atoms with Crippen LogP contribution < -0.4 is 10.6 Å². The summed E-state index contributed by atoms with van der Waals surface area (Å²) >= 11 is 6.33. The molecule has 2 aromatic rings. The summed E-state index contributed by atoms with van der Waals surface area (Å²) in [6.45, 7) is 1.79. The lowest BCUT2D eigenvalue weighted by Crippen LogP contribution is -2.25. The Labute approximate surface area is 109 Å². The highest BCUT2D eigenvalue weighted by Crippen LogP contribution is 2.39. The van der Waals surface area contributed by atoms with Gasteiger partial charge in [0.1, 0.15) is 5.70 Å². The number of carbonyl (C=O) groups excluding carboxylic acids is 1. The van der Waals surface area contributed by atoms with Crippen LogP contribution in [0.1, 0.15) is 6.92 Å². The highest BCUT2D eigenvalue weighted by molar-refractivity contribution is 6.39. The number of benzene rings is 1. The third-order valence-electron chi connectivity index (χ3n) is 2.88. The van der Waals surface area contributed by atoms with Gasteiger partial charge in [-0.2, -0.15) is 0 Å². The van der Waals surface area contributed by atoms with E-state index in [1.807, 2.05) is 18.2 Å². The quantitative estimate of drug-likeness (QED) is 0.715. The molecule has 2 N–H and O–H groups in total. The van der Waals surface area contributed by atoms with Gasteiger partial charge in [-0.05, 0) is 19.1 Å². The van der Waals surface area contributed by atoms with Gasteiger partial charge in [0.15, 0.2) is 0 Å². The van der Waals surface area contributed by atoms with Crippen LogP contribution in [0.15, 0.2) is 36.2 Å². The lowest BCUT2D eigenvalue weighted by molar-refractivity contribution is -0.112. The van der Waals surface area contributed by atoms with E-state index in [0.29, 0.717) is 22.1 Å². The first-order valence-electron chi connectivity index (χ1n) is 5.52. The monoisotopic (exact) mass is 259 g/mol. The topological polar surface area (TPSA) is 54.0 Å². The molecule has 18 heavy (non-hydrogen) atoms. The second-order valence-electron chi connectivity index (χ2n) is 3.97. The predicted molar refractivity (Wildman–Crippen MR) is 72.8 cm³/mol. The Balaban J connectivity index is 2.29. The van der Waals surface area contributed by atoms with Crippen molar-refractivity contribution in [1.82, 2.24) is 4.98 Å². The average Bonchev–Trinajstić information content (AvgIpc) is 2.38. The molecule has 0 aliphatic carbocycles. The first-order chi connectivity index (χ1) is 8.70. The number of nitrogens with zero attached hydrogens (tertiary/aromatic N) is 1. The SMILES string of the molecule is C/C=C1\Nc2c(cc3cccnc3c2Cl)NC1=O. The third-order valence-corrected chi connectivity index (χ3v) is 3.24. The molecule has 1 aromatic carbocycles. The Morgan fingerprint density at radius 2 is 2.22 bits per heavy atom. The molecule has 0 spiro atoms. The van der Waals surface area contributed by atoms with E-state index in [0.717, 1.165) is 10.9 Å². The Morgan fingerprint density at radius 3 is 3.00 bits per heavy atom. The predicted octanol–water partition coefficient (Wildman–Crippen LogP) is 3.16. The molecule has 1 aliphatic heterocycles.